The molecule has 4 fully saturated rings. The lowest BCUT2D eigenvalue weighted by Crippen LogP contribution is -2.49. The van der Waals surface area contributed by atoms with Crippen molar-refractivity contribution in [3.63, 3.8) is 0 Å². The third-order valence-electron chi connectivity index (χ3n) is 4.97. The van der Waals surface area contributed by atoms with E-state index in [1.165, 1.54) is 38.8 Å². The number of nitrogens with zero attached hydrogens (tertiary/aromatic N) is 2. The molecule has 0 radical (unpaired) electrons. The van der Waals surface area contributed by atoms with Crippen molar-refractivity contribution < 1.29 is 9.47 Å². The summed E-state index contributed by atoms with van der Waals surface area (Å²) in [5, 5.41) is 0. The van der Waals surface area contributed by atoms with Gasteiger partial charge < -0.3 is 9.47 Å². The van der Waals surface area contributed by atoms with Gasteiger partial charge in [-0.3, -0.25) is 9.80 Å². The Labute approximate surface area is 109 Å². The van der Waals surface area contributed by atoms with Gasteiger partial charge in [-0.25, -0.2) is 0 Å². The second-order valence-corrected chi connectivity index (χ2v) is 6.43. The summed E-state index contributed by atoms with van der Waals surface area (Å²) in [7, 11) is 0. The summed E-state index contributed by atoms with van der Waals surface area (Å²) in [6.07, 6.45) is 7.25. The molecule has 4 bridgehead atoms. The highest BCUT2D eigenvalue weighted by molar-refractivity contribution is 4.87. The van der Waals surface area contributed by atoms with E-state index in [9.17, 15) is 0 Å². The van der Waals surface area contributed by atoms with Crippen LogP contribution in [-0.4, -0.2) is 73.5 Å². The molecular weight excluding hydrogens is 228 g/mol. The van der Waals surface area contributed by atoms with Crippen molar-refractivity contribution in [1.29, 1.82) is 0 Å². The highest BCUT2D eigenvalue weighted by atomic mass is 16.5. The van der Waals surface area contributed by atoms with Crippen molar-refractivity contribution in [2.24, 2.45) is 0 Å². The van der Waals surface area contributed by atoms with E-state index in [0.29, 0.717) is 24.4 Å². The molecule has 0 saturated carbocycles. The van der Waals surface area contributed by atoms with Crippen LogP contribution in [0.1, 0.15) is 25.7 Å². The topological polar surface area (TPSA) is 24.9 Å². The lowest BCUT2D eigenvalue weighted by Gasteiger charge is -2.36. The Morgan fingerprint density at radius 2 is 0.944 bits per heavy atom. The number of hydrogen-bond donors (Lipinski definition) is 0. The van der Waals surface area contributed by atoms with Gasteiger partial charge >= 0.3 is 0 Å². The molecule has 0 amide bonds. The van der Waals surface area contributed by atoms with Crippen molar-refractivity contribution >= 4 is 0 Å². The molecule has 4 unspecified atom stereocenters. The lowest BCUT2D eigenvalue weighted by atomic mass is 10.2. The fraction of sp³-hybridized carbons (Fsp3) is 1.00. The predicted octanol–water partition coefficient (Wildman–Crippen LogP) is 0.713. The Morgan fingerprint density at radius 1 is 0.611 bits per heavy atom. The summed E-state index contributed by atoms with van der Waals surface area (Å²) in [6, 6.07) is 0. The van der Waals surface area contributed by atoms with E-state index in [4.69, 9.17) is 9.47 Å². The number of morpholine rings is 2. The van der Waals surface area contributed by atoms with Crippen LogP contribution in [0, 0.1) is 0 Å². The smallest absolute Gasteiger partial charge is 0.0707 e. The van der Waals surface area contributed by atoms with Crippen molar-refractivity contribution in [3.05, 3.63) is 0 Å². The first kappa shape index (κ1) is 11.6. The first-order chi connectivity index (χ1) is 8.85. The van der Waals surface area contributed by atoms with Crippen molar-refractivity contribution in [2.45, 2.75) is 50.1 Å². The zero-order valence-electron chi connectivity index (χ0n) is 11.1. The minimum atomic E-state index is 0.532. The molecule has 0 N–H and O–H groups in total. The largest absolute Gasteiger partial charge is 0.372 e. The zero-order chi connectivity index (χ0) is 11.9. The molecule has 0 aliphatic carbocycles. The molecule has 102 valence electrons. The van der Waals surface area contributed by atoms with Gasteiger partial charge in [-0.15, -0.1) is 0 Å². The standard InChI is InChI=1S/C14H24N2O2/c1-2-12-8-15(7-11(1)17-12)5-6-16-9-13-3-4-14(10-16)18-13/h11-14H,1-10H2. The van der Waals surface area contributed by atoms with Crippen molar-refractivity contribution in [3.8, 4) is 0 Å². The average molecular weight is 252 g/mol. The summed E-state index contributed by atoms with van der Waals surface area (Å²) in [5.74, 6) is 0. The molecule has 4 heterocycles. The maximum atomic E-state index is 5.89. The van der Waals surface area contributed by atoms with Crippen LogP contribution < -0.4 is 0 Å². The van der Waals surface area contributed by atoms with Gasteiger partial charge in [0, 0.05) is 39.3 Å². The van der Waals surface area contributed by atoms with E-state index in [1.54, 1.807) is 0 Å². The Morgan fingerprint density at radius 3 is 1.28 bits per heavy atom. The Bertz CT molecular complexity index is 258. The van der Waals surface area contributed by atoms with Gasteiger partial charge in [0.15, 0.2) is 0 Å². The van der Waals surface area contributed by atoms with Crippen LogP contribution in [0.2, 0.25) is 0 Å². The van der Waals surface area contributed by atoms with Crippen LogP contribution in [0.5, 0.6) is 0 Å². The molecule has 4 aliphatic rings. The van der Waals surface area contributed by atoms with Crippen LogP contribution in [0.25, 0.3) is 0 Å². The maximum Gasteiger partial charge on any atom is 0.0707 e. The first-order valence-corrected chi connectivity index (χ1v) is 7.61. The Kier molecular flexibility index (Phi) is 3.07. The van der Waals surface area contributed by atoms with Crippen molar-refractivity contribution in [2.75, 3.05) is 39.3 Å². The van der Waals surface area contributed by atoms with Gasteiger partial charge in [0.05, 0.1) is 24.4 Å². The van der Waals surface area contributed by atoms with Gasteiger partial charge in [0.25, 0.3) is 0 Å². The van der Waals surface area contributed by atoms with Crippen LogP contribution in [0.3, 0.4) is 0 Å². The minimum Gasteiger partial charge on any atom is -0.372 e. The van der Waals surface area contributed by atoms with Crippen LogP contribution in [0.4, 0.5) is 0 Å². The Hall–Kier alpha value is -0.160. The zero-order valence-corrected chi connectivity index (χ0v) is 11.1. The van der Waals surface area contributed by atoms with Gasteiger partial charge in [-0.1, -0.05) is 0 Å². The number of likely N-dealkylation sites (tertiary alicyclic amines) is 2. The predicted molar refractivity (Wildman–Crippen MR) is 68.7 cm³/mol. The molecule has 4 nitrogen and oxygen atoms in total. The summed E-state index contributed by atoms with van der Waals surface area (Å²) in [6.45, 7) is 7.08. The fourth-order valence-corrected chi connectivity index (χ4v) is 4.05. The van der Waals surface area contributed by atoms with Crippen LogP contribution in [0.15, 0.2) is 0 Å². The summed E-state index contributed by atoms with van der Waals surface area (Å²) >= 11 is 0. The third kappa shape index (κ3) is 2.31. The highest BCUT2D eigenvalue weighted by Gasteiger charge is 2.35. The molecule has 4 aliphatic heterocycles. The molecule has 4 atom stereocenters. The normalized spacial score (nSPS) is 44.7. The molecule has 0 aromatic heterocycles. The lowest BCUT2D eigenvalue weighted by molar-refractivity contribution is -0.0562. The molecule has 18 heavy (non-hydrogen) atoms. The SMILES string of the molecule is C1CC2CN(CCN3CC4CCC(C3)O4)CC1O2. The van der Waals surface area contributed by atoms with Crippen molar-refractivity contribution in [1.82, 2.24) is 9.80 Å². The van der Waals surface area contributed by atoms with Gasteiger partial charge in [0.1, 0.15) is 0 Å². The summed E-state index contributed by atoms with van der Waals surface area (Å²) in [4.78, 5) is 5.23. The number of rotatable bonds is 3. The van der Waals surface area contributed by atoms with E-state index >= 15 is 0 Å². The molecule has 4 saturated heterocycles. The molecule has 0 spiro atoms. The molecule has 0 aromatic carbocycles. The molecule has 4 rings (SSSR count). The third-order valence-corrected chi connectivity index (χ3v) is 4.97. The van der Waals surface area contributed by atoms with Gasteiger partial charge in [-0.05, 0) is 25.7 Å². The number of ether oxygens (including phenoxy) is 2. The van der Waals surface area contributed by atoms with E-state index in [2.05, 4.69) is 9.80 Å². The fourth-order valence-electron chi connectivity index (χ4n) is 4.05. The minimum absolute atomic E-state index is 0.532. The average Bonchev–Trinajstić information content (AvgIpc) is 2.89. The van der Waals surface area contributed by atoms with E-state index in [1.807, 2.05) is 0 Å². The second kappa shape index (κ2) is 4.75. The quantitative estimate of drug-likeness (QED) is 0.739. The van der Waals surface area contributed by atoms with Gasteiger partial charge in [0.2, 0.25) is 0 Å². The number of fused-ring (bicyclic) bond motifs is 4. The van der Waals surface area contributed by atoms with Gasteiger partial charge in [-0.2, -0.15) is 0 Å². The summed E-state index contributed by atoms with van der Waals surface area (Å²) < 4.78 is 11.8. The molecular formula is C14H24N2O2. The molecule has 0 aromatic rings. The maximum absolute atomic E-state index is 5.89. The molecule has 4 heteroatoms. The first-order valence-electron chi connectivity index (χ1n) is 7.61. The monoisotopic (exact) mass is 252 g/mol. The highest BCUT2D eigenvalue weighted by Crippen LogP contribution is 2.27. The van der Waals surface area contributed by atoms with E-state index < -0.39 is 0 Å². The Balaban J connectivity index is 1.26. The van der Waals surface area contributed by atoms with Crippen LogP contribution in [-0.2, 0) is 9.47 Å². The van der Waals surface area contributed by atoms with Crippen LogP contribution >= 0.6 is 0 Å². The second-order valence-electron chi connectivity index (χ2n) is 6.43. The summed E-state index contributed by atoms with van der Waals surface area (Å²) in [5.41, 5.74) is 0. The number of hydrogen-bond acceptors (Lipinski definition) is 4. The van der Waals surface area contributed by atoms with E-state index in [-0.39, 0.29) is 0 Å². The van der Waals surface area contributed by atoms with E-state index in [0.717, 1.165) is 26.2 Å².